The zero-order chi connectivity index (χ0) is 19.5. The van der Waals surface area contributed by atoms with Gasteiger partial charge in [0.25, 0.3) is 0 Å². The molecule has 1 amide bonds. The molecule has 2 aromatic rings. The standard InChI is InChI=1S/C20H19BrN4O3/c21-16-7-14(8-17-19(16)28-12-27-17)11-24-20(26)15-3-5-25(6-4-15)18-2-1-13(9-22)10-23-18/h1-2,7-8,10,15H,3-6,11-12H2,(H,24,26). The first-order chi connectivity index (χ1) is 13.6. The second-order valence-electron chi connectivity index (χ2n) is 6.81. The fraction of sp³-hybridized carbons (Fsp3) is 0.350. The second-order valence-corrected chi connectivity index (χ2v) is 7.66. The molecule has 0 spiro atoms. The molecule has 3 heterocycles. The van der Waals surface area contributed by atoms with Crippen LogP contribution in [0.15, 0.2) is 34.9 Å². The Morgan fingerprint density at radius 2 is 2.14 bits per heavy atom. The predicted molar refractivity (Wildman–Crippen MR) is 106 cm³/mol. The van der Waals surface area contributed by atoms with Gasteiger partial charge < -0.3 is 19.7 Å². The molecule has 2 aliphatic heterocycles. The molecule has 0 bridgehead atoms. The zero-order valence-electron chi connectivity index (χ0n) is 15.2. The summed E-state index contributed by atoms with van der Waals surface area (Å²) in [7, 11) is 0. The van der Waals surface area contributed by atoms with Gasteiger partial charge in [0.05, 0.1) is 10.0 Å². The molecule has 1 aromatic heterocycles. The van der Waals surface area contributed by atoms with E-state index in [4.69, 9.17) is 14.7 Å². The van der Waals surface area contributed by atoms with Crippen LogP contribution in [-0.4, -0.2) is 30.8 Å². The van der Waals surface area contributed by atoms with Gasteiger partial charge in [-0.25, -0.2) is 4.98 Å². The molecule has 7 nitrogen and oxygen atoms in total. The number of carbonyl (C=O) groups is 1. The number of nitrogens with zero attached hydrogens (tertiary/aromatic N) is 3. The van der Waals surface area contributed by atoms with E-state index in [2.05, 4.69) is 37.2 Å². The maximum absolute atomic E-state index is 12.6. The van der Waals surface area contributed by atoms with Crippen LogP contribution in [0.3, 0.4) is 0 Å². The fourth-order valence-corrected chi connectivity index (χ4v) is 4.07. The number of carbonyl (C=O) groups excluding carboxylic acids is 1. The van der Waals surface area contributed by atoms with Gasteiger partial charge in [-0.3, -0.25) is 4.79 Å². The predicted octanol–water partition coefficient (Wildman–Crippen LogP) is 2.98. The Kier molecular flexibility index (Phi) is 5.35. The molecule has 1 N–H and O–H groups in total. The van der Waals surface area contributed by atoms with Crippen molar-refractivity contribution >= 4 is 27.7 Å². The molecule has 1 saturated heterocycles. The fourth-order valence-electron chi connectivity index (χ4n) is 3.47. The minimum absolute atomic E-state index is 0.00733. The molecule has 0 saturated carbocycles. The maximum Gasteiger partial charge on any atom is 0.231 e. The Morgan fingerprint density at radius 3 is 2.86 bits per heavy atom. The number of ether oxygens (including phenoxy) is 2. The van der Waals surface area contributed by atoms with E-state index < -0.39 is 0 Å². The molecule has 28 heavy (non-hydrogen) atoms. The third kappa shape index (κ3) is 3.90. The monoisotopic (exact) mass is 442 g/mol. The number of fused-ring (bicyclic) bond motifs is 1. The van der Waals surface area contributed by atoms with Gasteiger partial charge in [-0.05, 0) is 58.6 Å². The van der Waals surface area contributed by atoms with E-state index in [0.717, 1.165) is 41.8 Å². The third-order valence-corrected chi connectivity index (χ3v) is 5.61. The molecule has 2 aliphatic rings. The van der Waals surface area contributed by atoms with Crippen LogP contribution in [0, 0.1) is 17.2 Å². The lowest BCUT2D eigenvalue weighted by Crippen LogP contribution is -2.40. The average Bonchev–Trinajstić information content (AvgIpc) is 3.21. The van der Waals surface area contributed by atoms with Crippen LogP contribution in [0.1, 0.15) is 24.0 Å². The Balaban J connectivity index is 1.29. The van der Waals surface area contributed by atoms with Gasteiger partial charge in [0.1, 0.15) is 11.9 Å². The smallest absolute Gasteiger partial charge is 0.231 e. The number of piperidine rings is 1. The molecular formula is C20H19BrN4O3. The number of amides is 1. The van der Waals surface area contributed by atoms with Crippen molar-refractivity contribution in [2.24, 2.45) is 5.92 Å². The lowest BCUT2D eigenvalue weighted by atomic mass is 9.95. The number of anilines is 1. The minimum Gasteiger partial charge on any atom is -0.454 e. The Morgan fingerprint density at radius 1 is 1.32 bits per heavy atom. The van der Waals surface area contributed by atoms with E-state index in [1.54, 1.807) is 12.3 Å². The molecule has 0 atom stereocenters. The summed E-state index contributed by atoms with van der Waals surface area (Å²) < 4.78 is 11.6. The van der Waals surface area contributed by atoms with Crippen molar-refractivity contribution in [1.29, 1.82) is 5.26 Å². The van der Waals surface area contributed by atoms with Gasteiger partial charge in [0, 0.05) is 31.7 Å². The zero-order valence-corrected chi connectivity index (χ0v) is 16.7. The summed E-state index contributed by atoms with van der Waals surface area (Å²) >= 11 is 3.47. The lowest BCUT2D eigenvalue weighted by molar-refractivity contribution is -0.125. The summed E-state index contributed by atoms with van der Waals surface area (Å²) in [5, 5.41) is 11.9. The number of hydrogen-bond donors (Lipinski definition) is 1. The lowest BCUT2D eigenvalue weighted by Gasteiger charge is -2.32. The van der Waals surface area contributed by atoms with Gasteiger partial charge in [0.15, 0.2) is 11.5 Å². The van der Waals surface area contributed by atoms with Crippen LogP contribution in [0.4, 0.5) is 5.82 Å². The molecular weight excluding hydrogens is 424 g/mol. The Bertz CT molecular complexity index is 918. The third-order valence-electron chi connectivity index (χ3n) is 5.02. The Labute approximate surface area is 171 Å². The molecule has 0 aliphatic carbocycles. The Hall–Kier alpha value is -2.79. The van der Waals surface area contributed by atoms with E-state index >= 15 is 0 Å². The molecule has 1 aromatic carbocycles. The molecule has 1 fully saturated rings. The van der Waals surface area contributed by atoms with Crippen molar-refractivity contribution in [3.63, 3.8) is 0 Å². The van der Waals surface area contributed by atoms with Crippen LogP contribution < -0.4 is 19.7 Å². The number of rotatable bonds is 4. The van der Waals surface area contributed by atoms with Crippen molar-refractivity contribution < 1.29 is 14.3 Å². The number of nitrogens with one attached hydrogen (secondary N) is 1. The van der Waals surface area contributed by atoms with Crippen molar-refractivity contribution in [3.8, 4) is 17.6 Å². The van der Waals surface area contributed by atoms with E-state index in [1.807, 2.05) is 18.2 Å². The highest BCUT2D eigenvalue weighted by Crippen LogP contribution is 2.40. The topological polar surface area (TPSA) is 87.5 Å². The number of hydrogen-bond acceptors (Lipinski definition) is 6. The normalized spacial score (nSPS) is 15.9. The van der Waals surface area contributed by atoms with Crippen molar-refractivity contribution in [3.05, 3.63) is 46.1 Å². The van der Waals surface area contributed by atoms with Crippen LogP contribution >= 0.6 is 15.9 Å². The van der Waals surface area contributed by atoms with E-state index in [9.17, 15) is 4.79 Å². The summed E-state index contributed by atoms with van der Waals surface area (Å²) in [4.78, 5) is 19.1. The highest BCUT2D eigenvalue weighted by Gasteiger charge is 2.26. The molecule has 144 valence electrons. The summed E-state index contributed by atoms with van der Waals surface area (Å²) in [6.07, 6.45) is 3.13. The van der Waals surface area contributed by atoms with E-state index in [1.165, 1.54) is 0 Å². The first-order valence-corrected chi connectivity index (χ1v) is 9.90. The molecule has 0 unspecified atom stereocenters. The number of benzene rings is 1. The summed E-state index contributed by atoms with van der Waals surface area (Å²) in [6.45, 7) is 2.21. The van der Waals surface area contributed by atoms with Gasteiger partial charge in [-0.2, -0.15) is 5.26 Å². The molecule has 0 radical (unpaired) electrons. The maximum atomic E-state index is 12.6. The highest BCUT2D eigenvalue weighted by molar-refractivity contribution is 9.10. The number of aromatic nitrogens is 1. The quantitative estimate of drug-likeness (QED) is 0.782. The summed E-state index contributed by atoms with van der Waals surface area (Å²) in [6, 6.07) is 9.53. The van der Waals surface area contributed by atoms with Gasteiger partial charge in [0.2, 0.25) is 12.7 Å². The minimum atomic E-state index is -0.00733. The summed E-state index contributed by atoms with van der Waals surface area (Å²) in [5.74, 6) is 2.32. The SMILES string of the molecule is N#Cc1ccc(N2CCC(C(=O)NCc3cc(Br)c4c(c3)OCO4)CC2)nc1. The number of nitriles is 1. The van der Waals surface area contributed by atoms with Crippen molar-refractivity contribution in [2.75, 3.05) is 24.8 Å². The first-order valence-electron chi connectivity index (χ1n) is 9.11. The van der Waals surface area contributed by atoms with Gasteiger partial charge >= 0.3 is 0 Å². The van der Waals surface area contributed by atoms with E-state index in [0.29, 0.717) is 23.6 Å². The number of pyridine rings is 1. The van der Waals surface area contributed by atoms with Crippen molar-refractivity contribution in [1.82, 2.24) is 10.3 Å². The van der Waals surface area contributed by atoms with Crippen LogP contribution in [0.5, 0.6) is 11.5 Å². The van der Waals surface area contributed by atoms with Crippen molar-refractivity contribution in [2.45, 2.75) is 19.4 Å². The first kappa shape index (κ1) is 18.6. The van der Waals surface area contributed by atoms with Gasteiger partial charge in [-0.1, -0.05) is 0 Å². The number of halogens is 1. The van der Waals surface area contributed by atoms with E-state index in [-0.39, 0.29) is 18.6 Å². The largest absolute Gasteiger partial charge is 0.454 e. The molecule has 8 heteroatoms. The summed E-state index contributed by atoms with van der Waals surface area (Å²) in [5.41, 5.74) is 1.51. The molecule has 4 rings (SSSR count). The van der Waals surface area contributed by atoms with Crippen LogP contribution in [0.2, 0.25) is 0 Å². The second kappa shape index (κ2) is 8.07. The van der Waals surface area contributed by atoms with Crippen LogP contribution in [0.25, 0.3) is 0 Å². The van der Waals surface area contributed by atoms with Gasteiger partial charge in [-0.15, -0.1) is 0 Å². The highest BCUT2D eigenvalue weighted by atomic mass is 79.9. The average molecular weight is 443 g/mol. The van der Waals surface area contributed by atoms with Crippen LogP contribution in [-0.2, 0) is 11.3 Å².